The number of rotatable bonds is 8. The van der Waals surface area contributed by atoms with Crippen molar-refractivity contribution in [2.75, 3.05) is 11.9 Å². The van der Waals surface area contributed by atoms with Gasteiger partial charge in [-0.3, -0.25) is 14.9 Å². The number of esters is 1. The number of ether oxygens (including phenoxy) is 2. The SMILES string of the molecule is CCOC(=O)Nc1cccc(OC(=O)CCc2nc(C3(NC(C)=O)CCCCCC3)no2)c1. The molecule has 2 aromatic rings. The predicted molar refractivity (Wildman–Crippen MR) is 119 cm³/mol. The molecule has 0 unspecified atom stereocenters. The highest BCUT2D eigenvalue weighted by atomic mass is 16.5. The first-order valence-corrected chi connectivity index (χ1v) is 11.3. The highest BCUT2D eigenvalue weighted by Gasteiger charge is 2.38. The van der Waals surface area contributed by atoms with Crippen molar-refractivity contribution in [3.63, 3.8) is 0 Å². The van der Waals surface area contributed by atoms with Gasteiger partial charge >= 0.3 is 12.1 Å². The van der Waals surface area contributed by atoms with Gasteiger partial charge in [0.25, 0.3) is 0 Å². The molecule has 2 amide bonds. The van der Waals surface area contributed by atoms with Gasteiger partial charge < -0.3 is 19.3 Å². The summed E-state index contributed by atoms with van der Waals surface area (Å²) in [6.07, 6.45) is 5.32. The minimum absolute atomic E-state index is 0.0320. The van der Waals surface area contributed by atoms with E-state index in [4.69, 9.17) is 14.0 Å². The van der Waals surface area contributed by atoms with E-state index >= 15 is 0 Å². The lowest BCUT2D eigenvalue weighted by Gasteiger charge is -2.30. The zero-order chi connectivity index (χ0) is 23.7. The fraction of sp³-hybridized carbons (Fsp3) is 0.522. The van der Waals surface area contributed by atoms with E-state index in [-0.39, 0.29) is 25.4 Å². The van der Waals surface area contributed by atoms with Gasteiger partial charge in [0.05, 0.1) is 13.0 Å². The Morgan fingerprint density at radius 1 is 1.15 bits per heavy atom. The third-order valence-corrected chi connectivity index (χ3v) is 5.40. The smallest absolute Gasteiger partial charge is 0.411 e. The summed E-state index contributed by atoms with van der Waals surface area (Å²) in [6.45, 7) is 3.45. The van der Waals surface area contributed by atoms with Gasteiger partial charge in [-0.2, -0.15) is 4.98 Å². The first-order valence-electron chi connectivity index (χ1n) is 11.3. The van der Waals surface area contributed by atoms with Crippen molar-refractivity contribution in [1.29, 1.82) is 0 Å². The van der Waals surface area contributed by atoms with E-state index in [1.807, 2.05) is 0 Å². The predicted octanol–water partition coefficient (Wildman–Crippen LogP) is 3.86. The topological polar surface area (TPSA) is 133 Å². The third-order valence-electron chi connectivity index (χ3n) is 5.40. The summed E-state index contributed by atoms with van der Waals surface area (Å²) >= 11 is 0. The number of aryl methyl sites for hydroxylation is 1. The van der Waals surface area contributed by atoms with E-state index in [0.717, 1.165) is 38.5 Å². The summed E-state index contributed by atoms with van der Waals surface area (Å²) in [5.74, 6) is 0.457. The molecule has 10 nitrogen and oxygen atoms in total. The van der Waals surface area contributed by atoms with Crippen LogP contribution in [-0.4, -0.2) is 34.7 Å². The lowest BCUT2D eigenvalue weighted by atomic mass is 9.89. The van der Waals surface area contributed by atoms with Crippen LogP contribution < -0.4 is 15.4 Å². The molecule has 1 aromatic carbocycles. The normalized spacial score (nSPS) is 15.2. The maximum atomic E-state index is 12.3. The van der Waals surface area contributed by atoms with Crippen LogP contribution in [0.4, 0.5) is 10.5 Å². The van der Waals surface area contributed by atoms with Crippen LogP contribution in [0.5, 0.6) is 5.75 Å². The molecule has 0 aliphatic heterocycles. The van der Waals surface area contributed by atoms with Gasteiger partial charge in [0, 0.05) is 25.1 Å². The number of carbonyl (C=O) groups excluding carboxylic acids is 3. The highest BCUT2D eigenvalue weighted by Crippen LogP contribution is 2.34. The molecule has 3 rings (SSSR count). The Balaban J connectivity index is 1.58. The summed E-state index contributed by atoms with van der Waals surface area (Å²) in [7, 11) is 0. The summed E-state index contributed by atoms with van der Waals surface area (Å²) in [5.41, 5.74) is -0.177. The molecule has 1 fully saturated rings. The number of nitrogens with zero attached hydrogens (tertiary/aromatic N) is 2. The summed E-state index contributed by atoms with van der Waals surface area (Å²) in [6, 6.07) is 6.46. The van der Waals surface area contributed by atoms with Gasteiger partial charge in [0.2, 0.25) is 11.8 Å². The van der Waals surface area contributed by atoms with Crippen LogP contribution in [-0.2, 0) is 26.3 Å². The number of anilines is 1. The fourth-order valence-corrected chi connectivity index (χ4v) is 3.94. The Labute approximate surface area is 192 Å². The molecular formula is C23H30N4O6. The monoisotopic (exact) mass is 458 g/mol. The standard InChI is InChI=1S/C23H30N4O6/c1-3-31-22(30)24-17-9-8-10-18(15-17)32-20(29)12-11-19-25-21(27-33-19)23(26-16(2)28)13-6-4-5-7-14-23/h8-10,15H,3-7,11-14H2,1-2H3,(H,24,30)(H,26,28). The number of carbonyl (C=O) groups is 3. The number of hydrogen-bond donors (Lipinski definition) is 2. The molecule has 0 saturated heterocycles. The Morgan fingerprint density at radius 2 is 1.91 bits per heavy atom. The number of aromatic nitrogens is 2. The molecule has 178 valence electrons. The molecule has 1 saturated carbocycles. The number of amides is 2. The van der Waals surface area contributed by atoms with E-state index in [2.05, 4.69) is 20.8 Å². The minimum atomic E-state index is -0.628. The van der Waals surface area contributed by atoms with Crippen molar-refractivity contribution >= 4 is 23.7 Å². The van der Waals surface area contributed by atoms with Crippen molar-refractivity contribution in [2.24, 2.45) is 0 Å². The molecule has 0 atom stereocenters. The molecule has 2 N–H and O–H groups in total. The lowest BCUT2D eigenvalue weighted by molar-refractivity contribution is -0.134. The van der Waals surface area contributed by atoms with E-state index in [9.17, 15) is 14.4 Å². The van der Waals surface area contributed by atoms with E-state index in [1.165, 1.54) is 13.0 Å². The summed E-state index contributed by atoms with van der Waals surface area (Å²) in [5, 5.41) is 9.71. The molecule has 10 heteroatoms. The van der Waals surface area contributed by atoms with Gasteiger partial charge in [0.15, 0.2) is 5.82 Å². The highest BCUT2D eigenvalue weighted by molar-refractivity contribution is 5.85. The molecule has 33 heavy (non-hydrogen) atoms. The second-order valence-electron chi connectivity index (χ2n) is 8.04. The van der Waals surface area contributed by atoms with Gasteiger partial charge in [-0.15, -0.1) is 0 Å². The fourth-order valence-electron chi connectivity index (χ4n) is 3.94. The van der Waals surface area contributed by atoms with Crippen LogP contribution in [0.2, 0.25) is 0 Å². The molecule has 1 aliphatic rings. The second-order valence-corrected chi connectivity index (χ2v) is 8.04. The Kier molecular flexibility index (Phi) is 8.39. The first-order chi connectivity index (χ1) is 15.9. The van der Waals surface area contributed by atoms with Crippen LogP contribution in [0, 0.1) is 0 Å². The molecule has 0 spiro atoms. The zero-order valence-electron chi connectivity index (χ0n) is 19.0. The third kappa shape index (κ3) is 7.03. The van der Waals surface area contributed by atoms with Crippen LogP contribution in [0.1, 0.15) is 70.5 Å². The van der Waals surface area contributed by atoms with E-state index in [1.54, 1.807) is 25.1 Å². The van der Waals surface area contributed by atoms with Crippen molar-refractivity contribution in [3.05, 3.63) is 36.0 Å². The van der Waals surface area contributed by atoms with Crippen molar-refractivity contribution in [1.82, 2.24) is 15.5 Å². The van der Waals surface area contributed by atoms with Crippen LogP contribution in [0.15, 0.2) is 28.8 Å². The minimum Gasteiger partial charge on any atom is -0.450 e. The quantitative estimate of drug-likeness (QED) is 0.346. The molecule has 0 radical (unpaired) electrons. The van der Waals surface area contributed by atoms with Gasteiger partial charge in [-0.1, -0.05) is 36.9 Å². The number of hydrogen-bond acceptors (Lipinski definition) is 8. The molecule has 1 aromatic heterocycles. The Morgan fingerprint density at radius 3 is 2.61 bits per heavy atom. The molecule has 1 heterocycles. The van der Waals surface area contributed by atoms with Gasteiger partial charge in [-0.05, 0) is 31.9 Å². The van der Waals surface area contributed by atoms with Crippen molar-refractivity contribution in [2.45, 2.75) is 70.8 Å². The first kappa shape index (κ1) is 24.2. The van der Waals surface area contributed by atoms with E-state index < -0.39 is 17.6 Å². The average Bonchev–Trinajstić information content (AvgIpc) is 3.12. The lowest BCUT2D eigenvalue weighted by Crippen LogP contribution is -2.45. The van der Waals surface area contributed by atoms with Crippen LogP contribution in [0.3, 0.4) is 0 Å². The number of benzene rings is 1. The Bertz CT molecular complexity index is 965. The number of nitrogens with one attached hydrogen (secondary N) is 2. The molecule has 1 aliphatic carbocycles. The maximum Gasteiger partial charge on any atom is 0.411 e. The van der Waals surface area contributed by atoms with Crippen LogP contribution in [0.25, 0.3) is 0 Å². The van der Waals surface area contributed by atoms with Crippen molar-refractivity contribution in [3.8, 4) is 5.75 Å². The average molecular weight is 459 g/mol. The molecule has 0 bridgehead atoms. The second kappa shape index (κ2) is 11.4. The Hall–Kier alpha value is -3.43. The zero-order valence-corrected chi connectivity index (χ0v) is 19.0. The van der Waals surface area contributed by atoms with Crippen LogP contribution >= 0.6 is 0 Å². The summed E-state index contributed by atoms with van der Waals surface area (Å²) in [4.78, 5) is 40.1. The molecular weight excluding hydrogens is 428 g/mol. The maximum absolute atomic E-state index is 12.3. The van der Waals surface area contributed by atoms with Gasteiger partial charge in [0.1, 0.15) is 11.3 Å². The van der Waals surface area contributed by atoms with E-state index in [0.29, 0.717) is 23.2 Å². The van der Waals surface area contributed by atoms with Gasteiger partial charge in [-0.25, -0.2) is 4.79 Å². The summed E-state index contributed by atoms with van der Waals surface area (Å²) < 4.78 is 15.6. The van der Waals surface area contributed by atoms with Crippen molar-refractivity contribution < 1.29 is 28.4 Å². The largest absolute Gasteiger partial charge is 0.450 e.